The molecule has 2 saturated heterocycles. The number of rotatable bonds is 6. The van der Waals surface area contributed by atoms with Gasteiger partial charge in [0.2, 0.25) is 0 Å². The topological polar surface area (TPSA) is 91.7 Å². The quantitative estimate of drug-likeness (QED) is 0.617. The van der Waals surface area contributed by atoms with Crippen LogP contribution in [0.3, 0.4) is 0 Å². The van der Waals surface area contributed by atoms with Crippen molar-refractivity contribution < 1.29 is 18.7 Å². The molecule has 0 spiro atoms. The molecule has 0 radical (unpaired) electrons. The molecule has 1 aromatic carbocycles. The van der Waals surface area contributed by atoms with Gasteiger partial charge in [-0.2, -0.15) is 4.98 Å². The molecule has 9 heteroatoms. The monoisotopic (exact) mass is 485 g/mol. The van der Waals surface area contributed by atoms with Crippen molar-refractivity contribution in [2.75, 3.05) is 11.9 Å². The molecule has 2 aromatic rings. The van der Waals surface area contributed by atoms with E-state index in [2.05, 4.69) is 58.0 Å². The number of carbonyl (C=O) groups is 1. The molecule has 4 atom stereocenters. The second-order valence-electron chi connectivity index (χ2n) is 11.0. The molecule has 2 bridgehead atoms. The molecule has 4 rings (SSSR count). The van der Waals surface area contributed by atoms with Crippen molar-refractivity contribution in [2.24, 2.45) is 5.92 Å². The number of fused-ring (bicyclic) bond motifs is 2. The minimum atomic E-state index is -2.12. The predicted molar refractivity (Wildman–Crippen MR) is 132 cm³/mol. The molecule has 8 nitrogen and oxygen atoms in total. The van der Waals surface area contributed by atoms with Crippen LogP contribution in [0.1, 0.15) is 51.2 Å². The Morgan fingerprint density at radius 1 is 1.24 bits per heavy atom. The Balaban J connectivity index is 1.59. The number of anilines is 1. The van der Waals surface area contributed by atoms with Crippen LogP contribution < -0.4 is 11.0 Å². The van der Waals surface area contributed by atoms with Crippen molar-refractivity contribution in [1.82, 2.24) is 9.55 Å². The lowest BCUT2D eigenvalue weighted by molar-refractivity contribution is -0.190. The Kier molecular flexibility index (Phi) is 6.35. The molecule has 34 heavy (non-hydrogen) atoms. The predicted octanol–water partition coefficient (Wildman–Crippen LogP) is 4.21. The van der Waals surface area contributed by atoms with E-state index in [0.717, 1.165) is 0 Å². The molecule has 1 amide bonds. The molecule has 1 aromatic heterocycles. The Labute approximate surface area is 201 Å². The molecule has 0 saturated carbocycles. The number of amides is 1. The summed E-state index contributed by atoms with van der Waals surface area (Å²) in [6.45, 7) is 15.7. The molecule has 2 fully saturated rings. The molecule has 0 unspecified atom stereocenters. The first kappa shape index (κ1) is 24.8. The molecule has 2 aliphatic rings. The third-order valence-electron chi connectivity index (χ3n) is 7.49. The zero-order valence-corrected chi connectivity index (χ0v) is 22.0. The molecular weight excluding hydrogens is 450 g/mol. The van der Waals surface area contributed by atoms with Gasteiger partial charge in [0.25, 0.3) is 5.91 Å². The van der Waals surface area contributed by atoms with Gasteiger partial charge in [-0.25, -0.2) is 4.79 Å². The molecule has 3 heterocycles. The van der Waals surface area contributed by atoms with Crippen LogP contribution in [0, 0.1) is 5.92 Å². The lowest BCUT2D eigenvalue weighted by atomic mass is 9.87. The first-order chi connectivity index (χ1) is 15.9. The summed E-state index contributed by atoms with van der Waals surface area (Å²) in [6.07, 6.45) is 0.260. The largest absolute Gasteiger partial charge is 0.408 e. The van der Waals surface area contributed by atoms with E-state index in [-0.39, 0.29) is 28.8 Å². The number of benzene rings is 1. The van der Waals surface area contributed by atoms with Crippen molar-refractivity contribution >= 4 is 20.0 Å². The molecular formula is C25H35N3O5Si. The maximum Gasteiger partial charge on any atom is 0.351 e. The first-order valence-corrected chi connectivity index (χ1v) is 14.7. The van der Waals surface area contributed by atoms with E-state index >= 15 is 0 Å². The van der Waals surface area contributed by atoms with Crippen LogP contribution in [0.4, 0.5) is 5.82 Å². The number of aromatic nitrogens is 2. The van der Waals surface area contributed by atoms with Gasteiger partial charge in [0.15, 0.2) is 14.5 Å². The van der Waals surface area contributed by atoms with E-state index < -0.39 is 31.9 Å². The van der Waals surface area contributed by atoms with Crippen LogP contribution in [-0.2, 0) is 13.9 Å². The Morgan fingerprint density at radius 2 is 1.91 bits per heavy atom. The van der Waals surface area contributed by atoms with E-state index in [4.69, 9.17) is 13.9 Å². The number of hydrogen-bond donors (Lipinski definition) is 1. The van der Waals surface area contributed by atoms with E-state index in [1.165, 1.54) is 4.57 Å². The number of ether oxygens (including phenoxy) is 2. The van der Waals surface area contributed by atoms with Crippen LogP contribution in [0.15, 0.2) is 47.4 Å². The van der Waals surface area contributed by atoms with E-state index in [0.29, 0.717) is 12.2 Å². The van der Waals surface area contributed by atoms with Gasteiger partial charge in [-0.05, 0) is 42.2 Å². The summed E-state index contributed by atoms with van der Waals surface area (Å²) in [7, 11) is -2.12. The zero-order chi connectivity index (χ0) is 24.9. The SMILES string of the molecule is CC(C)[C@@]12CO[C@@H]([C@H](n3ccc(NC(=O)c4ccccc4)nc3=O)O1)[C@@H]2O[Si](C)(C)C(C)(C)C. The minimum Gasteiger partial charge on any atom is -0.408 e. The summed E-state index contributed by atoms with van der Waals surface area (Å²) >= 11 is 0. The normalized spacial score (nSPS) is 26.8. The summed E-state index contributed by atoms with van der Waals surface area (Å²) in [6, 6.07) is 10.4. The Morgan fingerprint density at radius 3 is 2.50 bits per heavy atom. The van der Waals surface area contributed by atoms with Crippen LogP contribution in [0.25, 0.3) is 0 Å². The van der Waals surface area contributed by atoms with Crippen molar-refractivity contribution in [1.29, 1.82) is 0 Å². The second kappa shape index (κ2) is 8.71. The van der Waals surface area contributed by atoms with Crippen molar-refractivity contribution in [3.05, 3.63) is 58.6 Å². The first-order valence-electron chi connectivity index (χ1n) is 11.8. The number of nitrogens with one attached hydrogen (secondary N) is 1. The standard InChI is InChI=1S/C25H35N3O5Si/c1-16(2)25-15-31-19(20(25)33-34(6,7)24(3,4)5)22(32-25)28-14-13-18(27-23(28)30)26-21(29)17-11-9-8-10-12-17/h8-14,16,19-20,22H,15H2,1-7H3,(H,26,27,29,30)/t19-,20+,22-,25-/m1/s1. The summed E-state index contributed by atoms with van der Waals surface area (Å²) < 4.78 is 21.0. The highest BCUT2D eigenvalue weighted by molar-refractivity contribution is 6.74. The average Bonchev–Trinajstić information content (AvgIpc) is 3.26. The highest BCUT2D eigenvalue weighted by Crippen LogP contribution is 2.52. The Hall–Kier alpha value is -2.33. The van der Waals surface area contributed by atoms with E-state index in [9.17, 15) is 9.59 Å². The van der Waals surface area contributed by atoms with Crippen LogP contribution in [0.2, 0.25) is 18.1 Å². The summed E-state index contributed by atoms with van der Waals surface area (Å²) in [5.41, 5.74) is -0.662. The fourth-order valence-corrected chi connectivity index (χ4v) is 5.58. The summed E-state index contributed by atoms with van der Waals surface area (Å²) in [5.74, 6) is -0.0106. The number of hydrogen-bond acceptors (Lipinski definition) is 6. The van der Waals surface area contributed by atoms with Gasteiger partial charge in [-0.3, -0.25) is 9.36 Å². The fraction of sp³-hybridized carbons (Fsp3) is 0.560. The second-order valence-corrected chi connectivity index (χ2v) is 15.8. The summed E-state index contributed by atoms with van der Waals surface area (Å²) in [5, 5.41) is 2.71. The average molecular weight is 486 g/mol. The van der Waals surface area contributed by atoms with Crippen LogP contribution in [-0.4, -0.2) is 48.2 Å². The van der Waals surface area contributed by atoms with Crippen molar-refractivity contribution in [2.45, 2.75) is 76.8 Å². The lowest BCUT2D eigenvalue weighted by Gasteiger charge is -2.42. The maximum absolute atomic E-state index is 13.0. The van der Waals surface area contributed by atoms with E-state index in [1.807, 2.05) is 6.07 Å². The number of carbonyl (C=O) groups excluding carboxylic acids is 1. The molecule has 0 aliphatic carbocycles. The molecule has 1 N–H and O–H groups in total. The third-order valence-corrected chi connectivity index (χ3v) is 11.9. The highest BCUT2D eigenvalue weighted by Gasteiger charge is 2.65. The van der Waals surface area contributed by atoms with Crippen LogP contribution in [0.5, 0.6) is 0 Å². The molecule has 184 valence electrons. The van der Waals surface area contributed by atoms with Gasteiger partial charge < -0.3 is 19.2 Å². The third kappa shape index (κ3) is 4.26. The van der Waals surface area contributed by atoms with Crippen LogP contribution >= 0.6 is 0 Å². The highest BCUT2D eigenvalue weighted by atomic mass is 28.4. The van der Waals surface area contributed by atoms with Gasteiger partial charge in [0.05, 0.1) is 6.61 Å². The molecule has 2 aliphatic heterocycles. The minimum absolute atomic E-state index is 0.0275. The van der Waals surface area contributed by atoms with Gasteiger partial charge in [0, 0.05) is 11.8 Å². The van der Waals surface area contributed by atoms with Gasteiger partial charge in [-0.1, -0.05) is 52.8 Å². The van der Waals surface area contributed by atoms with Crippen molar-refractivity contribution in [3.8, 4) is 0 Å². The van der Waals surface area contributed by atoms with Gasteiger partial charge in [-0.15, -0.1) is 0 Å². The van der Waals surface area contributed by atoms with E-state index in [1.54, 1.807) is 36.5 Å². The fourth-order valence-electron chi connectivity index (χ4n) is 4.26. The van der Waals surface area contributed by atoms with Gasteiger partial charge >= 0.3 is 5.69 Å². The van der Waals surface area contributed by atoms with Crippen molar-refractivity contribution in [3.63, 3.8) is 0 Å². The summed E-state index contributed by atoms with van der Waals surface area (Å²) in [4.78, 5) is 29.5. The lowest BCUT2D eigenvalue weighted by Crippen LogP contribution is -2.53. The smallest absolute Gasteiger partial charge is 0.351 e. The maximum atomic E-state index is 13.0. The Bertz CT molecular complexity index is 1110. The number of nitrogens with zero attached hydrogens (tertiary/aromatic N) is 2. The zero-order valence-electron chi connectivity index (χ0n) is 21.0. The van der Waals surface area contributed by atoms with Gasteiger partial charge in [0.1, 0.15) is 23.6 Å².